The molecule has 60 valence electrons. The van der Waals surface area contributed by atoms with Gasteiger partial charge in [0.2, 0.25) is 5.78 Å². The molecule has 2 N–H and O–H groups in total. The Morgan fingerprint density at radius 1 is 1.64 bits per heavy atom. The van der Waals surface area contributed by atoms with Gasteiger partial charge in [0.15, 0.2) is 0 Å². The van der Waals surface area contributed by atoms with Crippen molar-refractivity contribution in [1.29, 1.82) is 0 Å². The highest BCUT2D eigenvalue weighted by Crippen LogP contribution is 2.26. The molecule has 1 rings (SSSR count). The number of hydrogen-bond donors (Lipinski definition) is 1. The summed E-state index contributed by atoms with van der Waals surface area (Å²) in [5, 5.41) is 0. The third kappa shape index (κ3) is 2.36. The van der Waals surface area contributed by atoms with Crippen LogP contribution in [0, 0.1) is 18.3 Å². The molecular weight excluding hydrogens is 138 g/mol. The van der Waals surface area contributed by atoms with E-state index in [4.69, 9.17) is 12.2 Å². The maximum atomic E-state index is 10.8. The topological polar surface area (TPSA) is 43.1 Å². The van der Waals surface area contributed by atoms with Gasteiger partial charge in [0.1, 0.15) is 0 Å². The number of terminal acetylenes is 1. The zero-order chi connectivity index (χ0) is 8.27. The number of nitrogens with two attached hydrogens (primary N) is 1. The molecule has 0 amide bonds. The van der Waals surface area contributed by atoms with Crippen molar-refractivity contribution in [2.45, 2.75) is 31.7 Å². The molecule has 1 aliphatic rings. The fourth-order valence-corrected chi connectivity index (χ4v) is 1.62. The first-order valence-electron chi connectivity index (χ1n) is 3.97. The van der Waals surface area contributed by atoms with Crippen molar-refractivity contribution in [2.75, 3.05) is 0 Å². The smallest absolute Gasteiger partial charge is 0.205 e. The molecule has 0 aromatic heterocycles. The van der Waals surface area contributed by atoms with Gasteiger partial charge < -0.3 is 5.73 Å². The van der Waals surface area contributed by atoms with E-state index in [1.165, 1.54) is 0 Å². The van der Waals surface area contributed by atoms with Crippen LogP contribution in [-0.4, -0.2) is 11.8 Å². The van der Waals surface area contributed by atoms with E-state index < -0.39 is 0 Å². The number of Topliss-reactive ketones (excluding diaryl/α,β-unsaturated/α-hetero) is 1. The highest BCUT2D eigenvalue weighted by Gasteiger charge is 2.22. The Bertz CT molecular complexity index is 192. The van der Waals surface area contributed by atoms with Gasteiger partial charge in [-0.1, -0.05) is 0 Å². The molecule has 0 bridgehead atoms. The zero-order valence-corrected chi connectivity index (χ0v) is 6.55. The number of ketones is 1. The van der Waals surface area contributed by atoms with Gasteiger partial charge >= 0.3 is 0 Å². The molecule has 0 aromatic carbocycles. The first-order valence-corrected chi connectivity index (χ1v) is 3.97. The van der Waals surface area contributed by atoms with Gasteiger partial charge in [0.05, 0.1) is 0 Å². The minimum absolute atomic E-state index is 0.0795. The molecule has 11 heavy (non-hydrogen) atoms. The molecule has 0 unspecified atom stereocenters. The summed E-state index contributed by atoms with van der Waals surface area (Å²) < 4.78 is 0. The van der Waals surface area contributed by atoms with Crippen molar-refractivity contribution < 1.29 is 4.79 Å². The van der Waals surface area contributed by atoms with Gasteiger partial charge in [0, 0.05) is 12.5 Å². The van der Waals surface area contributed by atoms with Crippen LogP contribution < -0.4 is 5.73 Å². The second-order valence-corrected chi connectivity index (χ2v) is 3.21. The average Bonchev–Trinajstić information content (AvgIpc) is 2.35. The molecular formula is C9H13NO. The van der Waals surface area contributed by atoms with Gasteiger partial charge in [-0.3, -0.25) is 4.79 Å². The monoisotopic (exact) mass is 151 g/mol. The Kier molecular flexibility index (Phi) is 2.67. The van der Waals surface area contributed by atoms with Crippen LogP contribution in [0.25, 0.3) is 0 Å². The molecule has 1 fully saturated rings. The number of hydrogen-bond acceptors (Lipinski definition) is 2. The molecule has 2 atom stereocenters. The fourth-order valence-electron chi connectivity index (χ4n) is 1.62. The molecule has 2 heteroatoms. The Labute approximate surface area is 67.2 Å². The van der Waals surface area contributed by atoms with E-state index in [-0.39, 0.29) is 5.78 Å². The van der Waals surface area contributed by atoms with Crippen LogP contribution >= 0.6 is 0 Å². The van der Waals surface area contributed by atoms with E-state index in [0.29, 0.717) is 18.4 Å². The molecule has 1 saturated carbocycles. The van der Waals surface area contributed by atoms with E-state index >= 15 is 0 Å². The largest absolute Gasteiger partial charge is 0.328 e. The Morgan fingerprint density at radius 2 is 2.36 bits per heavy atom. The standard InChI is InChI=1S/C9H13NO/c1-2-9(11)6-7-3-4-8(10)5-7/h1,7-8H,3-6,10H2/t7-,8+/m0/s1. The van der Waals surface area contributed by atoms with Crippen LogP contribution in [0.2, 0.25) is 0 Å². The average molecular weight is 151 g/mol. The lowest BCUT2D eigenvalue weighted by Crippen LogP contribution is -2.15. The summed E-state index contributed by atoms with van der Waals surface area (Å²) in [6.45, 7) is 0. The highest BCUT2D eigenvalue weighted by molar-refractivity contribution is 5.94. The molecule has 1 aliphatic carbocycles. The summed E-state index contributed by atoms with van der Waals surface area (Å²) in [4.78, 5) is 10.8. The summed E-state index contributed by atoms with van der Waals surface area (Å²) in [5.74, 6) is 2.50. The first kappa shape index (κ1) is 8.29. The predicted molar refractivity (Wildman–Crippen MR) is 43.8 cm³/mol. The second-order valence-electron chi connectivity index (χ2n) is 3.21. The van der Waals surface area contributed by atoms with E-state index in [9.17, 15) is 4.79 Å². The van der Waals surface area contributed by atoms with Gasteiger partial charge in [-0.25, -0.2) is 0 Å². The minimum Gasteiger partial charge on any atom is -0.328 e. The maximum absolute atomic E-state index is 10.8. The summed E-state index contributed by atoms with van der Waals surface area (Å²) in [5.41, 5.74) is 5.68. The molecule has 0 radical (unpaired) electrons. The Balaban J connectivity index is 2.30. The first-order chi connectivity index (χ1) is 5.22. The van der Waals surface area contributed by atoms with Crippen LogP contribution in [0.1, 0.15) is 25.7 Å². The summed E-state index contributed by atoms with van der Waals surface area (Å²) in [7, 11) is 0. The minimum atomic E-state index is -0.0795. The third-order valence-corrected chi connectivity index (χ3v) is 2.22. The van der Waals surface area contributed by atoms with Gasteiger partial charge in [0.25, 0.3) is 0 Å². The predicted octanol–water partition coefficient (Wildman–Crippen LogP) is 0.706. The van der Waals surface area contributed by atoms with E-state index in [1.54, 1.807) is 0 Å². The Hall–Kier alpha value is -0.810. The SMILES string of the molecule is C#CC(=O)C[C@H]1CC[C@@H](N)C1. The number of rotatable bonds is 2. The normalized spacial score (nSPS) is 29.8. The lowest BCUT2D eigenvalue weighted by Gasteiger charge is -2.04. The van der Waals surface area contributed by atoms with Crippen molar-refractivity contribution in [3.63, 3.8) is 0 Å². The zero-order valence-electron chi connectivity index (χ0n) is 6.55. The Morgan fingerprint density at radius 3 is 2.82 bits per heavy atom. The molecule has 0 saturated heterocycles. The lowest BCUT2D eigenvalue weighted by molar-refractivity contribution is -0.114. The third-order valence-electron chi connectivity index (χ3n) is 2.22. The van der Waals surface area contributed by atoms with Crippen LogP contribution in [-0.2, 0) is 4.79 Å². The number of carbonyl (C=O) groups is 1. The van der Waals surface area contributed by atoms with Crippen LogP contribution in [0.15, 0.2) is 0 Å². The maximum Gasteiger partial charge on any atom is 0.205 e. The summed E-state index contributed by atoms with van der Waals surface area (Å²) in [6.07, 6.45) is 8.56. The number of carbonyl (C=O) groups excluding carboxylic acids is 1. The van der Waals surface area contributed by atoms with Crippen LogP contribution in [0.5, 0.6) is 0 Å². The highest BCUT2D eigenvalue weighted by atomic mass is 16.1. The second kappa shape index (κ2) is 3.54. The molecule has 2 nitrogen and oxygen atoms in total. The summed E-state index contributed by atoms with van der Waals surface area (Å²) in [6, 6.07) is 0.297. The lowest BCUT2D eigenvalue weighted by atomic mass is 10.0. The van der Waals surface area contributed by atoms with Crippen LogP contribution in [0.4, 0.5) is 0 Å². The van der Waals surface area contributed by atoms with Crippen molar-refractivity contribution in [3.8, 4) is 12.3 Å². The molecule has 0 aromatic rings. The van der Waals surface area contributed by atoms with Crippen molar-refractivity contribution >= 4 is 5.78 Å². The molecule has 0 heterocycles. The van der Waals surface area contributed by atoms with E-state index in [1.807, 2.05) is 0 Å². The molecule has 0 spiro atoms. The van der Waals surface area contributed by atoms with Gasteiger partial charge in [-0.05, 0) is 31.1 Å². The fraction of sp³-hybridized carbons (Fsp3) is 0.667. The van der Waals surface area contributed by atoms with Crippen molar-refractivity contribution in [1.82, 2.24) is 0 Å². The van der Waals surface area contributed by atoms with Gasteiger partial charge in [-0.15, -0.1) is 6.42 Å². The molecule has 0 aliphatic heterocycles. The van der Waals surface area contributed by atoms with Crippen molar-refractivity contribution in [2.24, 2.45) is 11.7 Å². The van der Waals surface area contributed by atoms with E-state index in [2.05, 4.69) is 5.92 Å². The van der Waals surface area contributed by atoms with Crippen LogP contribution in [0.3, 0.4) is 0 Å². The van der Waals surface area contributed by atoms with Gasteiger partial charge in [-0.2, -0.15) is 0 Å². The summed E-state index contributed by atoms with van der Waals surface area (Å²) >= 11 is 0. The van der Waals surface area contributed by atoms with E-state index in [0.717, 1.165) is 19.3 Å². The quantitative estimate of drug-likeness (QED) is 0.466. The van der Waals surface area contributed by atoms with Crippen molar-refractivity contribution in [3.05, 3.63) is 0 Å².